The summed E-state index contributed by atoms with van der Waals surface area (Å²) in [6.07, 6.45) is 0. The van der Waals surface area contributed by atoms with Crippen molar-refractivity contribution in [3.05, 3.63) is 102 Å². The summed E-state index contributed by atoms with van der Waals surface area (Å²) in [6.45, 7) is 0.373. The van der Waals surface area contributed by atoms with Crippen molar-refractivity contribution in [2.75, 3.05) is 0 Å². The van der Waals surface area contributed by atoms with Crippen molar-refractivity contribution in [3.63, 3.8) is 0 Å². The predicted molar refractivity (Wildman–Crippen MR) is 121 cm³/mol. The lowest BCUT2D eigenvalue weighted by atomic mass is 10.0. The van der Waals surface area contributed by atoms with Crippen LogP contribution in [-0.4, -0.2) is 15.6 Å². The first kappa shape index (κ1) is 18.9. The fourth-order valence-corrected chi connectivity index (χ4v) is 4.23. The lowest BCUT2D eigenvalue weighted by Crippen LogP contribution is -2.11. The van der Waals surface area contributed by atoms with Gasteiger partial charge in [-0.25, -0.2) is 4.39 Å². The van der Waals surface area contributed by atoms with Crippen molar-refractivity contribution in [1.29, 1.82) is 0 Å². The van der Waals surface area contributed by atoms with Crippen molar-refractivity contribution in [3.8, 4) is 16.9 Å². The molecule has 0 radical (unpaired) electrons. The van der Waals surface area contributed by atoms with E-state index in [0.29, 0.717) is 22.9 Å². The number of fused-ring (bicyclic) bond motifs is 3. The highest BCUT2D eigenvalue weighted by Gasteiger charge is 2.20. The smallest absolute Gasteiger partial charge is 0.249 e. The van der Waals surface area contributed by atoms with Crippen molar-refractivity contribution in [2.45, 2.75) is 6.54 Å². The van der Waals surface area contributed by atoms with Gasteiger partial charge in [-0.3, -0.25) is 4.79 Å². The summed E-state index contributed by atoms with van der Waals surface area (Å²) < 4.78 is 15.8. The van der Waals surface area contributed by atoms with Crippen LogP contribution in [-0.2, 0) is 6.54 Å². The van der Waals surface area contributed by atoms with Gasteiger partial charge in [0.1, 0.15) is 11.6 Å². The highest BCUT2D eigenvalue weighted by molar-refractivity contribution is 6.20. The number of halogens is 1. The molecule has 4 nitrogen and oxygen atoms in total. The molecule has 31 heavy (non-hydrogen) atoms. The Balaban J connectivity index is 1.86. The number of nitrogens with zero attached hydrogens (tertiary/aromatic N) is 1. The molecule has 0 spiro atoms. The van der Waals surface area contributed by atoms with E-state index in [1.54, 1.807) is 24.3 Å². The first-order valence-corrected chi connectivity index (χ1v) is 9.90. The number of primary amides is 1. The minimum Gasteiger partial charge on any atom is -0.507 e. The van der Waals surface area contributed by atoms with Crippen LogP contribution in [0.5, 0.6) is 5.75 Å². The van der Waals surface area contributed by atoms with Crippen molar-refractivity contribution < 1.29 is 14.3 Å². The maximum absolute atomic E-state index is 13.8. The molecular weight excluding hydrogens is 391 g/mol. The molecule has 0 fully saturated rings. The molecule has 0 bridgehead atoms. The minimum atomic E-state index is -0.568. The van der Waals surface area contributed by atoms with Gasteiger partial charge in [0.2, 0.25) is 5.91 Å². The van der Waals surface area contributed by atoms with Gasteiger partial charge >= 0.3 is 0 Å². The monoisotopic (exact) mass is 410 g/mol. The van der Waals surface area contributed by atoms with E-state index in [-0.39, 0.29) is 11.6 Å². The van der Waals surface area contributed by atoms with Gasteiger partial charge in [0.15, 0.2) is 0 Å². The highest BCUT2D eigenvalue weighted by Crippen LogP contribution is 2.40. The summed E-state index contributed by atoms with van der Waals surface area (Å²) in [5.41, 5.74) is 10.0. The van der Waals surface area contributed by atoms with Crippen molar-refractivity contribution >= 4 is 27.7 Å². The predicted octanol–water partition coefficient (Wildman–Crippen LogP) is 5.45. The van der Waals surface area contributed by atoms with Crippen LogP contribution in [0.15, 0.2) is 84.9 Å². The summed E-state index contributed by atoms with van der Waals surface area (Å²) >= 11 is 0. The average Bonchev–Trinajstić information content (AvgIpc) is 3.08. The summed E-state index contributed by atoms with van der Waals surface area (Å²) in [7, 11) is 0. The minimum absolute atomic E-state index is 0.0630. The summed E-state index contributed by atoms with van der Waals surface area (Å²) in [5.74, 6) is -0.820. The van der Waals surface area contributed by atoms with Crippen LogP contribution in [0.3, 0.4) is 0 Å². The number of rotatable bonds is 4. The molecule has 0 atom stereocenters. The average molecular weight is 410 g/mol. The summed E-state index contributed by atoms with van der Waals surface area (Å²) in [5, 5.41) is 12.2. The zero-order valence-electron chi connectivity index (χ0n) is 16.5. The van der Waals surface area contributed by atoms with Crippen LogP contribution in [0.2, 0.25) is 0 Å². The molecule has 0 aliphatic rings. The molecule has 5 aromatic rings. The second kappa shape index (κ2) is 7.29. The zero-order valence-corrected chi connectivity index (χ0v) is 16.5. The number of benzene rings is 4. The van der Waals surface area contributed by atoms with Crippen LogP contribution in [0, 0.1) is 5.82 Å². The topological polar surface area (TPSA) is 68.2 Å². The van der Waals surface area contributed by atoms with Crippen molar-refractivity contribution in [2.24, 2.45) is 5.73 Å². The Kier molecular flexibility index (Phi) is 4.44. The van der Waals surface area contributed by atoms with E-state index in [0.717, 1.165) is 27.7 Å². The van der Waals surface area contributed by atoms with Gasteiger partial charge in [-0.05, 0) is 53.1 Å². The highest BCUT2D eigenvalue weighted by atomic mass is 19.1. The number of hydrogen-bond acceptors (Lipinski definition) is 2. The first-order valence-electron chi connectivity index (χ1n) is 9.90. The molecular formula is C26H19FN2O2. The zero-order chi connectivity index (χ0) is 21.5. The molecule has 5 heteroatoms. The van der Waals surface area contributed by atoms with Crippen LogP contribution < -0.4 is 5.73 Å². The second-order valence-corrected chi connectivity index (χ2v) is 7.54. The van der Waals surface area contributed by atoms with E-state index < -0.39 is 5.91 Å². The fraction of sp³-hybridized carbons (Fsp3) is 0.0385. The Labute approximate surface area is 178 Å². The molecule has 4 aromatic carbocycles. The molecule has 0 saturated heterocycles. The number of carbonyl (C=O) groups excluding carboxylic acids is 1. The number of amides is 1. The number of hydrogen-bond donors (Lipinski definition) is 2. The van der Waals surface area contributed by atoms with Crippen LogP contribution in [0.1, 0.15) is 15.9 Å². The lowest BCUT2D eigenvalue weighted by Gasteiger charge is -2.10. The second-order valence-electron chi connectivity index (χ2n) is 7.54. The summed E-state index contributed by atoms with van der Waals surface area (Å²) in [6, 6.07) is 25.1. The number of phenols is 1. The largest absolute Gasteiger partial charge is 0.507 e. The fourth-order valence-electron chi connectivity index (χ4n) is 4.23. The molecule has 0 aliphatic heterocycles. The Morgan fingerprint density at radius 2 is 1.61 bits per heavy atom. The van der Waals surface area contributed by atoms with E-state index >= 15 is 0 Å². The Bertz CT molecular complexity index is 1460. The third-order valence-corrected chi connectivity index (χ3v) is 5.57. The molecule has 152 valence electrons. The number of aromatic hydroxyl groups is 1. The van der Waals surface area contributed by atoms with E-state index in [4.69, 9.17) is 5.73 Å². The maximum atomic E-state index is 13.8. The van der Waals surface area contributed by atoms with E-state index in [2.05, 4.69) is 0 Å². The normalized spacial score (nSPS) is 11.3. The molecule has 1 amide bonds. The van der Waals surface area contributed by atoms with Crippen LogP contribution in [0.25, 0.3) is 32.9 Å². The van der Waals surface area contributed by atoms with Crippen LogP contribution in [0.4, 0.5) is 4.39 Å². The van der Waals surface area contributed by atoms with Gasteiger partial charge in [-0.15, -0.1) is 0 Å². The molecule has 3 N–H and O–H groups in total. The number of phenolic OH excluding ortho intramolecular Hbond substituents is 1. The van der Waals surface area contributed by atoms with Gasteiger partial charge in [0, 0.05) is 17.5 Å². The SMILES string of the molecule is NC(=O)c1cccc2c1c1c(O)cc(-c3ccccc3)cc1n2Cc1cccc(F)c1. The number of aromatic nitrogens is 1. The van der Waals surface area contributed by atoms with Gasteiger partial charge in [0.05, 0.1) is 16.4 Å². The molecule has 1 heterocycles. The van der Waals surface area contributed by atoms with E-state index in [1.165, 1.54) is 12.1 Å². The number of nitrogens with two attached hydrogens (primary N) is 1. The third-order valence-electron chi connectivity index (χ3n) is 5.57. The molecule has 0 unspecified atom stereocenters. The quantitative estimate of drug-likeness (QED) is 0.413. The molecule has 0 saturated carbocycles. The van der Waals surface area contributed by atoms with Crippen molar-refractivity contribution in [1.82, 2.24) is 4.57 Å². The third kappa shape index (κ3) is 3.20. The Hall–Kier alpha value is -4.12. The summed E-state index contributed by atoms with van der Waals surface area (Å²) in [4.78, 5) is 12.2. The Morgan fingerprint density at radius 3 is 2.35 bits per heavy atom. The van der Waals surface area contributed by atoms with Gasteiger partial charge < -0.3 is 15.4 Å². The van der Waals surface area contributed by atoms with Gasteiger partial charge in [-0.1, -0.05) is 48.5 Å². The Morgan fingerprint density at radius 1 is 0.839 bits per heavy atom. The molecule has 5 rings (SSSR count). The first-order chi connectivity index (χ1) is 15.0. The number of carbonyl (C=O) groups is 1. The molecule has 0 aliphatic carbocycles. The molecule has 1 aromatic heterocycles. The van der Waals surface area contributed by atoms with Gasteiger partial charge in [0.25, 0.3) is 0 Å². The standard InChI is InChI=1S/C26H19FN2O2/c27-19-9-4-6-16(12-19)15-29-21-11-5-10-20(26(28)31)24(21)25-22(29)13-18(14-23(25)30)17-7-2-1-3-8-17/h1-14,30H,15H2,(H2,28,31). The van der Waals surface area contributed by atoms with Gasteiger partial charge in [-0.2, -0.15) is 0 Å². The maximum Gasteiger partial charge on any atom is 0.249 e. The van der Waals surface area contributed by atoms with E-state index in [9.17, 15) is 14.3 Å². The van der Waals surface area contributed by atoms with Crippen LogP contribution >= 0.6 is 0 Å². The lowest BCUT2D eigenvalue weighted by molar-refractivity contribution is 0.100. The van der Waals surface area contributed by atoms with E-state index in [1.807, 2.05) is 53.1 Å².